The Kier molecular flexibility index (Phi) is 4.53. The van der Waals surface area contributed by atoms with Gasteiger partial charge in [-0.2, -0.15) is 0 Å². The van der Waals surface area contributed by atoms with Crippen LogP contribution in [0.3, 0.4) is 0 Å². The lowest BCUT2D eigenvalue weighted by molar-refractivity contribution is -0.134. The van der Waals surface area contributed by atoms with Crippen molar-refractivity contribution in [3.05, 3.63) is 64.4 Å². The zero-order valence-corrected chi connectivity index (χ0v) is 13.8. The third kappa shape index (κ3) is 3.41. The maximum atomic E-state index is 13.4. The third-order valence-electron chi connectivity index (χ3n) is 4.04. The maximum Gasteiger partial charge on any atom is 0.230 e. The Labute approximate surface area is 144 Å². The summed E-state index contributed by atoms with van der Waals surface area (Å²) in [7, 11) is 1.68. The van der Waals surface area contributed by atoms with E-state index in [0.717, 1.165) is 5.56 Å². The fourth-order valence-electron chi connectivity index (χ4n) is 2.91. The second-order valence-corrected chi connectivity index (χ2v) is 6.30. The first-order chi connectivity index (χ1) is 11.4. The van der Waals surface area contributed by atoms with E-state index in [0.29, 0.717) is 22.8 Å². The number of nitrogens with one attached hydrogen (secondary N) is 1. The minimum atomic E-state index is -0.612. The largest absolute Gasteiger partial charge is 0.341 e. The van der Waals surface area contributed by atoms with Crippen molar-refractivity contribution in [2.75, 3.05) is 12.4 Å². The van der Waals surface area contributed by atoms with Crippen LogP contribution in [0.25, 0.3) is 0 Å². The van der Waals surface area contributed by atoms with Crippen LogP contribution in [-0.4, -0.2) is 23.8 Å². The normalized spacial score (nSPS) is 16.3. The highest BCUT2D eigenvalue weighted by Gasteiger charge is 2.32. The fourth-order valence-corrected chi connectivity index (χ4v) is 3.12. The first-order valence-electron chi connectivity index (χ1n) is 7.53. The van der Waals surface area contributed by atoms with Gasteiger partial charge in [0.2, 0.25) is 11.8 Å². The molecule has 2 aromatic carbocycles. The second kappa shape index (κ2) is 6.61. The van der Waals surface area contributed by atoms with Gasteiger partial charge in [0.15, 0.2) is 0 Å². The molecule has 1 N–H and O–H groups in total. The van der Waals surface area contributed by atoms with Crippen LogP contribution in [0.5, 0.6) is 0 Å². The number of anilines is 1. The Hall–Kier alpha value is -2.40. The van der Waals surface area contributed by atoms with Gasteiger partial charge in [-0.15, -0.1) is 0 Å². The summed E-state index contributed by atoms with van der Waals surface area (Å²) >= 11 is 5.97. The lowest BCUT2D eigenvalue weighted by atomic mass is 9.89. The van der Waals surface area contributed by atoms with Crippen LogP contribution in [0.15, 0.2) is 42.5 Å². The summed E-state index contributed by atoms with van der Waals surface area (Å²) in [5, 5.41) is 3.22. The number of halogens is 2. The monoisotopic (exact) mass is 346 g/mol. The van der Waals surface area contributed by atoms with Gasteiger partial charge >= 0.3 is 0 Å². The summed E-state index contributed by atoms with van der Waals surface area (Å²) in [6.07, 6.45) is 0.0529. The summed E-state index contributed by atoms with van der Waals surface area (Å²) in [6.45, 7) is 0.383. The van der Waals surface area contributed by atoms with E-state index in [2.05, 4.69) is 5.32 Å². The molecule has 1 aliphatic rings. The van der Waals surface area contributed by atoms with Crippen LogP contribution in [-0.2, 0) is 16.1 Å². The van der Waals surface area contributed by atoms with Gasteiger partial charge in [-0.1, -0.05) is 29.8 Å². The molecule has 0 saturated heterocycles. The molecule has 24 heavy (non-hydrogen) atoms. The molecule has 0 aliphatic carbocycles. The van der Waals surface area contributed by atoms with Crippen molar-refractivity contribution in [1.82, 2.24) is 4.90 Å². The van der Waals surface area contributed by atoms with E-state index in [1.54, 1.807) is 30.1 Å². The molecule has 2 aromatic rings. The number of carbonyl (C=O) groups excluding carboxylic acids is 2. The van der Waals surface area contributed by atoms with Gasteiger partial charge in [-0.05, 0) is 35.4 Å². The van der Waals surface area contributed by atoms with Crippen molar-refractivity contribution < 1.29 is 14.0 Å². The van der Waals surface area contributed by atoms with Crippen LogP contribution < -0.4 is 5.32 Å². The van der Waals surface area contributed by atoms with E-state index >= 15 is 0 Å². The molecule has 4 nitrogen and oxygen atoms in total. The fraction of sp³-hybridized carbons (Fsp3) is 0.222. The molecule has 1 atom stereocenters. The van der Waals surface area contributed by atoms with E-state index in [-0.39, 0.29) is 18.2 Å². The predicted molar refractivity (Wildman–Crippen MR) is 90.3 cm³/mol. The van der Waals surface area contributed by atoms with Crippen molar-refractivity contribution in [3.8, 4) is 0 Å². The highest BCUT2D eigenvalue weighted by atomic mass is 35.5. The summed E-state index contributed by atoms with van der Waals surface area (Å²) < 4.78 is 13.4. The number of carbonyl (C=O) groups is 2. The quantitative estimate of drug-likeness (QED) is 0.923. The SMILES string of the molecule is CN(Cc1cccc(Cl)c1)C(=O)C1CC(=O)Nc2cc(F)ccc21. The van der Waals surface area contributed by atoms with E-state index in [9.17, 15) is 14.0 Å². The second-order valence-electron chi connectivity index (χ2n) is 5.86. The molecule has 6 heteroatoms. The molecule has 0 spiro atoms. The Balaban J connectivity index is 1.83. The number of benzene rings is 2. The topological polar surface area (TPSA) is 49.4 Å². The van der Waals surface area contributed by atoms with Crippen LogP contribution in [0.2, 0.25) is 5.02 Å². The molecule has 0 saturated carbocycles. The first kappa shape index (κ1) is 16.5. The molecule has 1 aliphatic heterocycles. The average molecular weight is 347 g/mol. The lowest BCUT2D eigenvalue weighted by Gasteiger charge is -2.28. The van der Waals surface area contributed by atoms with Gasteiger partial charge in [-0.3, -0.25) is 9.59 Å². The summed E-state index contributed by atoms with van der Waals surface area (Å²) in [6, 6.07) is 11.4. The minimum absolute atomic E-state index is 0.0529. The zero-order chi connectivity index (χ0) is 17.3. The van der Waals surface area contributed by atoms with E-state index in [1.807, 2.05) is 12.1 Å². The van der Waals surface area contributed by atoms with Crippen molar-refractivity contribution in [3.63, 3.8) is 0 Å². The zero-order valence-electron chi connectivity index (χ0n) is 13.1. The van der Waals surface area contributed by atoms with Crippen molar-refractivity contribution in [2.24, 2.45) is 0 Å². The predicted octanol–water partition coefficient (Wildman–Crippen LogP) is 3.56. The number of rotatable bonds is 3. The standard InChI is InChI=1S/C18H16ClFN2O2/c1-22(10-11-3-2-4-12(19)7-11)18(24)15-9-17(23)21-16-8-13(20)5-6-14(15)16/h2-8,15H,9-10H2,1H3,(H,21,23). The molecule has 2 amide bonds. The molecule has 124 valence electrons. The van der Waals surface area contributed by atoms with Crippen LogP contribution >= 0.6 is 11.6 Å². The van der Waals surface area contributed by atoms with Crippen LogP contribution in [0.4, 0.5) is 10.1 Å². The molecule has 0 bridgehead atoms. The molecule has 1 unspecified atom stereocenters. The van der Waals surface area contributed by atoms with Gasteiger partial charge < -0.3 is 10.2 Å². The van der Waals surface area contributed by atoms with Gasteiger partial charge in [0, 0.05) is 30.7 Å². The number of likely N-dealkylation sites (N-methyl/N-ethyl adjacent to an activating group) is 1. The van der Waals surface area contributed by atoms with E-state index in [1.165, 1.54) is 12.1 Å². The number of hydrogen-bond donors (Lipinski definition) is 1. The van der Waals surface area contributed by atoms with Crippen LogP contribution in [0, 0.1) is 5.82 Å². The Morgan fingerprint density at radius 2 is 2.12 bits per heavy atom. The maximum absolute atomic E-state index is 13.4. The third-order valence-corrected chi connectivity index (χ3v) is 4.27. The van der Waals surface area contributed by atoms with Crippen molar-refractivity contribution in [2.45, 2.75) is 18.9 Å². The van der Waals surface area contributed by atoms with Crippen molar-refractivity contribution >= 4 is 29.1 Å². The summed E-state index contributed by atoms with van der Waals surface area (Å²) in [4.78, 5) is 26.2. The average Bonchev–Trinajstić information content (AvgIpc) is 2.52. The van der Waals surface area contributed by atoms with Crippen LogP contribution in [0.1, 0.15) is 23.5 Å². The van der Waals surface area contributed by atoms with Gasteiger partial charge in [-0.25, -0.2) is 4.39 Å². The summed E-state index contributed by atoms with van der Waals surface area (Å²) in [5.41, 5.74) is 1.90. The number of fused-ring (bicyclic) bond motifs is 1. The molecule has 0 aromatic heterocycles. The Morgan fingerprint density at radius 3 is 2.88 bits per heavy atom. The molecule has 1 heterocycles. The highest BCUT2D eigenvalue weighted by Crippen LogP contribution is 2.34. The first-order valence-corrected chi connectivity index (χ1v) is 7.90. The highest BCUT2D eigenvalue weighted by molar-refractivity contribution is 6.30. The molecular weight excluding hydrogens is 331 g/mol. The van der Waals surface area contributed by atoms with E-state index < -0.39 is 11.7 Å². The summed E-state index contributed by atoms with van der Waals surface area (Å²) in [5.74, 6) is -1.53. The van der Waals surface area contributed by atoms with Gasteiger partial charge in [0.25, 0.3) is 0 Å². The number of hydrogen-bond acceptors (Lipinski definition) is 2. The lowest BCUT2D eigenvalue weighted by Crippen LogP contribution is -2.36. The van der Waals surface area contributed by atoms with Crippen molar-refractivity contribution in [1.29, 1.82) is 0 Å². The molecule has 3 rings (SSSR count). The number of nitrogens with zero attached hydrogens (tertiary/aromatic N) is 1. The van der Waals surface area contributed by atoms with Gasteiger partial charge in [0.1, 0.15) is 5.82 Å². The molecular formula is C18H16ClFN2O2. The smallest absolute Gasteiger partial charge is 0.230 e. The Morgan fingerprint density at radius 1 is 1.33 bits per heavy atom. The van der Waals surface area contributed by atoms with E-state index in [4.69, 9.17) is 11.6 Å². The Bertz CT molecular complexity index is 809. The number of amides is 2. The van der Waals surface area contributed by atoms with Gasteiger partial charge in [0.05, 0.1) is 5.92 Å². The minimum Gasteiger partial charge on any atom is -0.341 e. The molecule has 0 radical (unpaired) electrons. The molecule has 0 fully saturated rings.